The molecule has 19 heavy (non-hydrogen) atoms. The van der Waals surface area contributed by atoms with E-state index in [4.69, 9.17) is 0 Å². The third-order valence-corrected chi connectivity index (χ3v) is 5.90. The lowest BCUT2D eigenvalue weighted by molar-refractivity contribution is 0.168. The number of hydrogen-bond acceptors (Lipinski definition) is 0. The van der Waals surface area contributed by atoms with Gasteiger partial charge in [0.05, 0.1) is 0 Å². The fraction of sp³-hybridized carbons (Fsp3) is 0.789. The lowest BCUT2D eigenvalue weighted by Gasteiger charge is -2.38. The summed E-state index contributed by atoms with van der Waals surface area (Å²) >= 11 is 0. The molecule has 106 valence electrons. The van der Waals surface area contributed by atoms with E-state index in [1.54, 1.807) is 5.57 Å². The van der Waals surface area contributed by atoms with Gasteiger partial charge in [-0.25, -0.2) is 0 Å². The molecule has 0 unspecified atom stereocenters. The summed E-state index contributed by atoms with van der Waals surface area (Å²) in [5, 5.41) is 0. The normalized spacial score (nSPS) is 35.6. The number of allylic oxidation sites excluding steroid dienone is 4. The molecule has 0 aromatic heterocycles. The molecule has 0 aromatic carbocycles. The first-order chi connectivity index (χ1) is 9.15. The largest absolute Gasteiger partial charge is 0.0629 e. The molecular weight excluding hydrogens is 228 g/mol. The first kappa shape index (κ1) is 13.5. The van der Waals surface area contributed by atoms with Crippen LogP contribution in [0.25, 0.3) is 0 Å². The molecule has 3 aliphatic carbocycles. The highest BCUT2D eigenvalue weighted by atomic mass is 14.4. The Morgan fingerprint density at radius 2 is 1.89 bits per heavy atom. The highest BCUT2D eigenvalue weighted by Crippen LogP contribution is 2.47. The van der Waals surface area contributed by atoms with Crippen LogP contribution in [0.3, 0.4) is 0 Å². The highest BCUT2D eigenvalue weighted by Gasteiger charge is 2.34. The van der Waals surface area contributed by atoms with Crippen molar-refractivity contribution in [1.29, 1.82) is 0 Å². The molecule has 1 fully saturated rings. The van der Waals surface area contributed by atoms with E-state index in [0.717, 1.165) is 23.7 Å². The van der Waals surface area contributed by atoms with E-state index in [9.17, 15) is 0 Å². The zero-order chi connectivity index (χ0) is 13.4. The van der Waals surface area contributed by atoms with Gasteiger partial charge in [-0.05, 0) is 74.2 Å². The van der Waals surface area contributed by atoms with Crippen molar-refractivity contribution in [3.63, 3.8) is 0 Å². The molecule has 1 saturated carbocycles. The van der Waals surface area contributed by atoms with Crippen molar-refractivity contribution in [1.82, 2.24) is 0 Å². The molecule has 0 amide bonds. The van der Waals surface area contributed by atoms with Gasteiger partial charge in [-0.15, -0.1) is 0 Å². The maximum atomic E-state index is 2.63. The molecule has 3 atom stereocenters. The van der Waals surface area contributed by atoms with Gasteiger partial charge in [-0.2, -0.15) is 0 Å². The molecule has 0 N–H and O–H groups in total. The second-order valence-corrected chi connectivity index (χ2v) is 7.66. The van der Waals surface area contributed by atoms with Crippen molar-refractivity contribution in [3.8, 4) is 0 Å². The van der Waals surface area contributed by atoms with E-state index < -0.39 is 0 Å². The van der Waals surface area contributed by atoms with Crippen LogP contribution >= 0.6 is 0 Å². The van der Waals surface area contributed by atoms with Gasteiger partial charge in [-0.1, -0.05) is 44.4 Å². The molecule has 0 spiro atoms. The maximum absolute atomic E-state index is 2.63. The summed E-state index contributed by atoms with van der Waals surface area (Å²) in [4.78, 5) is 0. The monoisotopic (exact) mass is 258 g/mol. The van der Waals surface area contributed by atoms with Gasteiger partial charge in [0.15, 0.2) is 0 Å². The number of hydrogen-bond donors (Lipinski definition) is 0. The Hall–Kier alpha value is -0.520. The molecule has 0 bridgehead atoms. The number of rotatable bonds is 2. The molecule has 3 rings (SSSR count). The van der Waals surface area contributed by atoms with Crippen LogP contribution in [0, 0.1) is 23.7 Å². The summed E-state index contributed by atoms with van der Waals surface area (Å²) in [6.45, 7) is 7.35. The summed E-state index contributed by atoms with van der Waals surface area (Å²) < 4.78 is 0. The Bertz CT molecular complexity index is 396. The van der Waals surface area contributed by atoms with Crippen LogP contribution in [0.4, 0.5) is 0 Å². The van der Waals surface area contributed by atoms with E-state index in [1.807, 2.05) is 11.1 Å². The van der Waals surface area contributed by atoms with Gasteiger partial charge >= 0.3 is 0 Å². The molecular formula is C19H30. The SMILES string of the molecule is CC(C)[C@@H]1CC[C@@H](C)C[C@@H]1C1=CC2=C(CCCC2)C1. The fourth-order valence-corrected chi connectivity index (χ4v) is 4.76. The quantitative estimate of drug-likeness (QED) is 0.579. The summed E-state index contributed by atoms with van der Waals surface area (Å²) in [6.07, 6.45) is 14.0. The minimum atomic E-state index is 0.857. The van der Waals surface area contributed by atoms with Gasteiger partial charge in [0.1, 0.15) is 0 Å². The van der Waals surface area contributed by atoms with Crippen LogP contribution < -0.4 is 0 Å². The topological polar surface area (TPSA) is 0 Å². The molecule has 0 heteroatoms. The van der Waals surface area contributed by atoms with Gasteiger partial charge in [0.2, 0.25) is 0 Å². The van der Waals surface area contributed by atoms with E-state index in [0.29, 0.717) is 0 Å². The Morgan fingerprint density at radius 3 is 2.63 bits per heavy atom. The summed E-state index contributed by atoms with van der Waals surface area (Å²) in [5.41, 5.74) is 5.36. The highest BCUT2D eigenvalue weighted by molar-refractivity contribution is 5.41. The second-order valence-electron chi connectivity index (χ2n) is 7.66. The summed E-state index contributed by atoms with van der Waals surface area (Å²) in [7, 11) is 0. The zero-order valence-corrected chi connectivity index (χ0v) is 13.0. The average Bonchev–Trinajstić information content (AvgIpc) is 2.81. The molecule has 0 saturated heterocycles. The van der Waals surface area contributed by atoms with Gasteiger partial charge < -0.3 is 0 Å². The van der Waals surface area contributed by atoms with Crippen molar-refractivity contribution >= 4 is 0 Å². The predicted octanol–water partition coefficient (Wildman–Crippen LogP) is 5.90. The molecule has 0 aliphatic heterocycles. The second kappa shape index (κ2) is 5.46. The van der Waals surface area contributed by atoms with E-state index >= 15 is 0 Å². The first-order valence-corrected chi connectivity index (χ1v) is 8.56. The lowest BCUT2D eigenvalue weighted by Crippen LogP contribution is -2.28. The van der Waals surface area contributed by atoms with Crippen LogP contribution in [0.15, 0.2) is 22.8 Å². The molecule has 0 nitrogen and oxygen atoms in total. The standard InChI is InChI=1S/C19H30/c1-13(2)18-9-8-14(3)10-19(18)17-11-15-6-4-5-7-16(15)12-17/h11,13-14,18-19H,4-10,12H2,1-3H3/t14-,18+,19-/m1/s1. The van der Waals surface area contributed by atoms with Crippen molar-refractivity contribution < 1.29 is 0 Å². The zero-order valence-electron chi connectivity index (χ0n) is 13.0. The van der Waals surface area contributed by atoms with Crippen molar-refractivity contribution in [2.75, 3.05) is 0 Å². The van der Waals surface area contributed by atoms with Crippen LogP contribution in [-0.4, -0.2) is 0 Å². The minimum absolute atomic E-state index is 0.857. The van der Waals surface area contributed by atoms with E-state index in [2.05, 4.69) is 26.8 Å². The third-order valence-electron chi connectivity index (χ3n) is 5.90. The van der Waals surface area contributed by atoms with Crippen LogP contribution in [0.1, 0.15) is 72.1 Å². The summed E-state index contributed by atoms with van der Waals surface area (Å²) in [6, 6.07) is 0. The Labute approximate surface area is 119 Å². The van der Waals surface area contributed by atoms with E-state index in [-0.39, 0.29) is 0 Å². The maximum Gasteiger partial charge on any atom is -0.00965 e. The summed E-state index contributed by atoms with van der Waals surface area (Å²) in [5.74, 6) is 3.65. The molecule has 0 radical (unpaired) electrons. The van der Waals surface area contributed by atoms with Gasteiger partial charge in [0.25, 0.3) is 0 Å². The van der Waals surface area contributed by atoms with Crippen LogP contribution in [0.2, 0.25) is 0 Å². The molecule has 3 aliphatic rings. The van der Waals surface area contributed by atoms with Crippen molar-refractivity contribution in [2.24, 2.45) is 23.7 Å². The van der Waals surface area contributed by atoms with Crippen molar-refractivity contribution in [3.05, 3.63) is 22.8 Å². The Morgan fingerprint density at radius 1 is 1.11 bits per heavy atom. The van der Waals surface area contributed by atoms with Crippen molar-refractivity contribution in [2.45, 2.75) is 72.1 Å². The third kappa shape index (κ3) is 2.69. The van der Waals surface area contributed by atoms with Gasteiger partial charge in [0, 0.05) is 0 Å². The predicted molar refractivity (Wildman–Crippen MR) is 83.0 cm³/mol. The van der Waals surface area contributed by atoms with E-state index in [1.165, 1.54) is 51.4 Å². The average molecular weight is 258 g/mol. The fourth-order valence-electron chi connectivity index (χ4n) is 4.76. The van der Waals surface area contributed by atoms with Gasteiger partial charge in [-0.3, -0.25) is 0 Å². The lowest BCUT2D eigenvalue weighted by atomic mass is 9.67. The Balaban J connectivity index is 1.77. The van der Waals surface area contributed by atoms with Crippen LogP contribution in [-0.2, 0) is 0 Å². The molecule has 0 heterocycles. The Kier molecular flexibility index (Phi) is 3.87. The molecule has 0 aromatic rings. The van der Waals surface area contributed by atoms with Crippen LogP contribution in [0.5, 0.6) is 0 Å². The first-order valence-electron chi connectivity index (χ1n) is 8.56. The minimum Gasteiger partial charge on any atom is -0.0629 e. The smallest absolute Gasteiger partial charge is 0.00965 e.